The van der Waals surface area contributed by atoms with Crippen molar-refractivity contribution in [3.05, 3.63) is 63.7 Å². The molecule has 6 nitrogen and oxygen atoms in total. The number of rotatable bonds is 6. The zero-order chi connectivity index (χ0) is 17.9. The van der Waals surface area contributed by atoms with Gasteiger partial charge in [0, 0.05) is 12.1 Å². The van der Waals surface area contributed by atoms with E-state index in [0.29, 0.717) is 11.5 Å². The molecule has 0 spiro atoms. The maximum Gasteiger partial charge on any atom is 0.271 e. The Morgan fingerprint density at radius 3 is 2.33 bits per heavy atom. The molecule has 1 N–H and O–H groups in total. The smallest absolute Gasteiger partial charge is 0.271 e. The lowest BCUT2D eigenvalue weighted by Crippen LogP contribution is -2.14. The molecule has 2 rings (SSSR count). The first kappa shape index (κ1) is 17.9. The van der Waals surface area contributed by atoms with Gasteiger partial charge in [-0.1, -0.05) is 32.0 Å². The zero-order valence-electron chi connectivity index (χ0n) is 13.8. The maximum absolute atomic E-state index is 12.5. The number of anilines is 1. The van der Waals surface area contributed by atoms with Gasteiger partial charge >= 0.3 is 0 Å². The summed E-state index contributed by atoms with van der Waals surface area (Å²) in [5, 5.41) is 10.9. The first-order chi connectivity index (χ1) is 11.2. The van der Waals surface area contributed by atoms with Gasteiger partial charge in [0.05, 0.1) is 15.5 Å². The second-order valence-electron chi connectivity index (χ2n) is 5.74. The molecule has 0 radical (unpaired) electrons. The van der Waals surface area contributed by atoms with Crippen LogP contribution in [0.5, 0.6) is 0 Å². The van der Waals surface area contributed by atoms with Crippen molar-refractivity contribution in [2.75, 3.05) is 4.72 Å². The molecule has 128 valence electrons. The van der Waals surface area contributed by atoms with Crippen LogP contribution in [0.3, 0.4) is 0 Å². The average molecular weight is 348 g/mol. The van der Waals surface area contributed by atoms with E-state index in [4.69, 9.17) is 0 Å². The summed E-state index contributed by atoms with van der Waals surface area (Å²) in [4.78, 5) is 10.4. The van der Waals surface area contributed by atoms with Gasteiger partial charge in [0.2, 0.25) is 0 Å². The minimum atomic E-state index is -3.80. The Morgan fingerprint density at radius 2 is 1.79 bits per heavy atom. The quantitative estimate of drug-likeness (QED) is 0.625. The third-order valence-corrected chi connectivity index (χ3v) is 5.43. The average Bonchev–Trinajstić information content (AvgIpc) is 2.55. The van der Waals surface area contributed by atoms with Crippen molar-refractivity contribution in [3.8, 4) is 0 Å². The first-order valence-corrected chi connectivity index (χ1v) is 9.10. The predicted octanol–water partition coefficient (Wildman–Crippen LogP) is 4.22. The van der Waals surface area contributed by atoms with Crippen LogP contribution in [-0.4, -0.2) is 13.3 Å². The van der Waals surface area contributed by atoms with Gasteiger partial charge in [-0.2, -0.15) is 0 Å². The van der Waals surface area contributed by atoms with Crippen LogP contribution in [0.4, 0.5) is 11.4 Å². The summed E-state index contributed by atoms with van der Waals surface area (Å²) in [6.45, 7) is 5.84. The highest BCUT2D eigenvalue weighted by molar-refractivity contribution is 7.92. The van der Waals surface area contributed by atoms with Crippen molar-refractivity contribution in [1.29, 1.82) is 0 Å². The highest BCUT2D eigenvalue weighted by Gasteiger charge is 2.18. The number of benzene rings is 2. The number of hydrogen-bond donors (Lipinski definition) is 1. The molecule has 0 unspecified atom stereocenters. The van der Waals surface area contributed by atoms with Crippen molar-refractivity contribution in [3.63, 3.8) is 0 Å². The molecule has 0 saturated carbocycles. The number of nitro benzene ring substituents is 1. The van der Waals surface area contributed by atoms with Gasteiger partial charge in [0.15, 0.2) is 0 Å². The molecule has 0 aromatic heterocycles. The fraction of sp³-hybridized carbons (Fsp3) is 0.294. The van der Waals surface area contributed by atoms with Crippen molar-refractivity contribution in [1.82, 2.24) is 0 Å². The van der Waals surface area contributed by atoms with Gasteiger partial charge in [-0.3, -0.25) is 14.8 Å². The second kappa shape index (κ2) is 7.00. The Morgan fingerprint density at radius 1 is 1.17 bits per heavy atom. The van der Waals surface area contributed by atoms with E-state index in [1.54, 1.807) is 31.2 Å². The topological polar surface area (TPSA) is 89.3 Å². The molecule has 0 saturated heterocycles. The first-order valence-electron chi connectivity index (χ1n) is 7.62. The summed E-state index contributed by atoms with van der Waals surface area (Å²) in [6.07, 6.45) is 0.969. The summed E-state index contributed by atoms with van der Waals surface area (Å²) >= 11 is 0. The van der Waals surface area contributed by atoms with Crippen molar-refractivity contribution in [2.24, 2.45) is 0 Å². The minimum absolute atomic E-state index is 0.125. The number of non-ortho nitro benzene ring substituents is 1. The molecule has 0 amide bonds. The molecule has 7 heteroatoms. The molecule has 0 aliphatic rings. The lowest BCUT2D eigenvalue weighted by atomic mass is 9.99. The van der Waals surface area contributed by atoms with Gasteiger partial charge in [0.1, 0.15) is 0 Å². The van der Waals surface area contributed by atoms with Crippen molar-refractivity contribution >= 4 is 21.4 Å². The highest BCUT2D eigenvalue weighted by Crippen LogP contribution is 2.26. The number of nitrogens with one attached hydrogen (secondary N) is 1. The van der Waals surface area contributed by atoms with E-state index >= 15 is 0 Å². The van der Waals surface area contributed by atoms with Gasteiger partial charge in [-0.05, 0) is 42.5 Å². The van der Waals surface area contributed by atoms with Gasteiger partial charge in [0.25, 0.3) is 15.7 Å². The van der Waals surface area contributed by atoms with Crippen LogP contribution < -0.4 is 4.72 Å². The van der Waals surface area contributed by atoms with Crippen molar-refractivity contribution < 1.29 is 13.3 Å². The van der Waals surface area contributed by atoms with Gasteiger partial charge < -0.3 is 0 Å². The molecule has 0 heterocycles. The monoisotopic (exact) mass is 348 g/mol. The molecule has 24 heavy (non-hydrogen) atoms. The van der Waals surface area contributed by atoms with Crippen LogP contribution in [0, 0.1) is 17.0 Å². The standard InChI is InChI=1S/C17H20N2O4S/c1-4-12(2)14-6-9-16(10-7-14)24(22,23)18-17-11-15(19(20)21)8-5-13(17)3/h5-12,18H,4H2,1-3H3/t12-/m1/s1. The zero-order valence-corrected chi connectivity index (χ0v) is 14.6. The normalized spacial score (nSPS) is 12.6. The van der Waals surface area contributed by atoms with Crippen LogP contribution in [-0.2, 0) is 10.0 Å². The van der Waals surface area contributed by atoms with Gasteiger partial charge in [-0.15, -0.1) is 0 Å². The third kappa shape index (κ3) is 3.91. The Labute approximate surface area is 141 Å². The van der Waals surface area contributed by atoms with Crippen LogP contribution in [0.1, 0.15) is 37.3 Å². The number of hydrogen-bond acceptors (Lipinski definition) is 4. The van der Waals surface area contributed by atoms with Crippen LogP contribution >= 0.6 is 0 Å². The Balaban J connectivity index is 2.32. The summed E-state index contributed by atoms with van der Waals surface area (Å²) in [7, 11) is -3.80. The molecular formula is C17H20N2O4S. The molecule has 0 fully saturated rings. The Kier molecular flexibility index (Phi) is 5.23. The summed E-state index contributed by atoms with van der Waals surface area (Å²) in [5.41, 5.74) is 1.73. The molecular weight excluding hydrogens is 328 g/mol. The lowest BCUT2D eigenvalue weighted by Gasteiger charge is -2.12. The number of nitrogens with zero attached hydrogens (tertiary/aromatic N) is 1. The summed E-state index contributed by atoms with van der Waals surface area (Å²) in [6, 6.07) is 10.8. The molecule has 0 aliphatic carbocycles. The Hall–Kier alpha value is -2.41. The van der Waals surface area contributed by atoms with Crippen LogP contribution in [0.25, 0.3) is 0 Å². The van der Waals surface area contributed by atoms with E-state index in [0.717, 1.165) is 12.0 Å². The molecule has 2 aromatic carbocycles. The molecule has 1 atom stereocenters. The third-order valence-electron chi connectivity index (χ3n) is 4.05. The van der Waals surface area contributed by atoms with E-state index < -0.39 is 14.9 Å². The fourth-order valence-corrected chi connectivity index (χ4v) is 3.37. The van der Waals surface area contributed by atoms with E-state index in [1.807, 2.05) is 0 Å². The lowest BCUT2D eigenvalue weighted by molar-refractivity contribution is -0.384. The number of sulfonamides is 1. The van der Waals surface area contributed by atoms with E-state index in [2.05, 4.69) is 18.6 Å². The van der Waals surface area contributed by atoms with E-state index in [1.165, 1.54) is 18.2 Å². The van der Waals surface area contributed by atoms with Crippen molar-refractivity contribution in [2.45, 2.75) is 38.0 Å². The predicted molar refractivity (Wildman–Crippen MR) is 93.8 cm³/mol. The second-order valence-corrected chi connectivity index (χ2v) is 7.42. The summed E-state index contributed by atoms with van der Waals surface area (Å²) < 4.78 is 27.4. The number of nitro groups is 1. The van der Waals surface area contributed by atoms with E-state index in [9.17, 15) is 18.5 Å². The van der Waals surface area contributed by atoms with Crippen LogP contribution in [0.15, 0.2) is 47.4 Å². The molecule has 0 aliphatic heterocycles. The number of aryl methyl sites for hydroxylation is 1. The largest absolute Gasteiger partial charge is 0.279 e. The fourth-order valence-electron chi connectivity index (χ4n) is 2.25. The minimum Gasteiger partial charge on any atom is -0.279 e. The van der Waals surface area contributed by atoms with E-state index in [-0.39, 0.29) is 16.3 Å². The van der Waals surface area contributed by atoms with Crippen LogP contribution in [0.2, 0.25) is 0 Å². The summed E-state index contributed by atoms with van der Waals surface area (Å²) in [5.74, 6) is 0.355. The SMILES string of the molecule is CC[C@@H](C)c1ccc(S(=O)(=O)Nc2cc([N+](=O)[O-])ccc2C)cc1. The Bertz CT molecular complexity index is 845. The van der Waals surface area contributed by atoms with Gasteiger partial charge in [-0.25, -0.2) is 8.42 Å². The highest BCUT2D eigenvalue weighted by atomic mass is 32.2. The molecule has 0 bridgehead atoms. The molecule has 2 aromatic rings. The maximum atomic E-state index is 12.5.